The topological polar surface area (TPSA) is 32.7 Å². The van der Waals surface area contributed by atoms with Crippen molar-refractivity contribution in [3.8, 4) is 0 Å². The van der Waals surface area contributed by atoms with Crippen LogP contribution in [0.5, 0.6) is 0 Å². The fourth-order valence-corrected chi connectivity index (χ4v) is 3.52. The van der Waals surface area contributed by atoms with E-state index >= 15 is 0 Å². The van der Waals surface area contributed by atoms with Crippen LogP contribution in [-0.4, -0.2) is 22.3 Å². The molecule has 1 heterocycles. The highest BCUT2D eigenvalue weighted by atomic mass is 16.5. The Kier molecular flexibility index (Phi) is 4.02. The Balaban J connectivity index is 1.85. The molecule has 3 heteroatoms. The smallest absolute Gasteiger partial charge is 0.185 e. The molecule has 1 aliphatic heterocycles. The van der Waals surface area contributed by atoms with E-state index in [-0.39, 0.29) is 6.10 Å². The van der Waals surface area contributed by atoms with Crippen LogP contribution in [0.1, 0.15) is 49.3 Å². The predicted octanol–water partition coefficient (Wildman–Crippen LogP) is 3.83. The first-order valence-electron chi connectivity index (χ1n) is 7.75. The first-order chi connectivity index (χ1) is 10.2. The molecule has 1 aromatic carbocycles. The van der Waals surface area contributed by atoms with E-state index in [1.54, 1.807) is 6.08 Å². The monoisotopic (exact) mass is 285 g/mol. The van der Waals surface area contributed by atoms with Crippen molar-refractivity contribution in [3.05, 3.63) is 54.4 Å². The van der Waals surface area contributed by atoms with Crippen LogP contribution < -0.4 is 0 Å². The van der Waals surface area contributed by atoms with Gasteiger partial charge in [0, 0.05) is 11.6 Å². The molecule has 2 atom stereocenters. The summed E-state index contributed by atoms with van der Waals surface area (Å²) in [6, 6.07) is 8.26. The number of nitrogens with zero attached hydrogens (tertiary/aromatic N) is 1. The third-order valence-corrected chi connectivity index (χ3v) is 4.60. The van der Waals surface area contributed by atoms with Crippen LogP contribution in [-0.2, 0) is 4.74 Å². The van der Waals surface area contributed by atoms with Gasteiger partial charge < -0.3 is 14.7 Å². The van der Waals surface area contributed by atoms with Gasteiger partial charge in [-0.3, -0.25) is 0 Å². The van der Waals surface area contributed by atoms with E-state index in [9.17, 15) is 5.11 Å². The molecule has 1 saturated carbocycles. The summed E-state index contributed by atoms with van der Waals surface area (Å²) in [4.78, 5) is 1.98. The maximum absolute atomic E-state index is 10.8. The van der Waals surface area contributed by atoms with Gasteiger partial charge in [0.25, 0.3) is 0 Å². The third-order valence-electron chi connectivity index (χ3n) is 4.60. The molecule has 1 aliphatic carbocycles. The molecule has 3 nitrogen and oxygen atoms in total. The molecule has 1 N–H and O–H groups in total. The van der Waals surface area contributed by atoms with Gasteiger partial charge in [0.15, 0.2) is 18.2 Å². The molecule has 2 aliphatic rings. The number of ether oxygens (including phenoxy) is 1. The summed E-state index contributed by atoms with van der Waals surface area (Å²) in [5.74, 6) is 0.596. The number of aliphatic hydroxyl groups is 1. The van der Waals surface area contributed by atoms with Crippen molar-refractivity contribution in [2.24, 2.45) is 0 Å². The molecule has 2 fully saturated rings. The van der Waals surface area contributed by atoms with Crippen molar-refractivity contribution >= 4 is 6.08 Å². The van der Waals surface area contributed by atoms with Crippen molar-refractivity contribution in [1.29, 1.82) is 0 Å². The molecule has 0 aromatic heterocycles. The molecular weight excluding hydrogens is 262 g/mol. The lowest BCUT2D eigenvalue weighted by molar-refractivity contribution is -0.00933. The maximum atomic E-state index is 10.8. The van der Waals surface area contributed by atoms with Gasteiger partial charge in [-0.1, -0.05) is 56.2 Å². The van der Waals surface area contributed by atoms with E-state index in [0.717, 1.165) is 24.0 Å². The van der Waals surface area contributed by atoms with Crippen molar-refractivity contribution in [1.82, 2.24) is 4.90 Å². The summed E-state index contributed by atoms with van der Waals surface area (Å²) < 4.78 is 5.90. The van der Waals surface area contributed by atoms with E-state index in [1.807, 2.05) is 29.2 Å². The predicted molar refractivity (Wildman–Crippen MR) is 84.2 cm³/mol. The van der Waals surface area contributed by atoms with Crippen molar-refractivity contribution in [2.75, 3.05) is 0 Å². The first kappa shape index (κ1) is 14.2. The Hall–Kier alpha value is -1.74. The van der Waals surface area contributed by atoms with Crippen LogP contribution in [0.3, 0.4) is 0 Å². The molecule has 0 spiro atoms. The van der Waals surface area contributed by atoms with Crippen LogP contribution in [0.15, 0.2) is 43.3 Å². The quantitative estimate of drug-likeness (QED) is 0.916. The Morgan fingerprint density at radius 3 is 2.62 bits per heavy atom. The fourth-order valence-electron chi connectivity index (χ4n) is 3.52. The number of rotatable bonds is 3. The molecule has 1 aromatic rings. The second kappa shape index (κ2) is 5.94. The van der Waals surface area contributed by atoms with Gasteiger partial charge in [0.1, 0.15) is 0 Å². The summed E-state index contributed by atoms with van der Waals surface area (Å²) >= 11 is 0. The summed E-state index contributed by atoms with van der Waals surface area (Å²) in [7, 11) is 0. The van der Waals surface area contributed by atoms with E-state index < -0.39 is 6.23 Å². The number of hydrogen-bond acceptors (Lipinski definition) is 3. The minimum atomic E-state index is -0.665. The highest BCUT2D eigenvalue weighted by Gasteiger charge is 2.42. The van der Waals surface area contributed by atoms with Crippen molar-refractivity contribution < 1.29 is 9.84 Å². The summed E-state index contributed by atoms with van der Waals surface area (Å²) in [5, 5.41) is 10.8. The Morgan fingerprint density at radius 1 is 1.19 bits per heavy atom. The molecule has 3 rings (SSSR count). The average molecular weight is 285 g/mol. The van der Waals surface area contributed by atoms with Crippen LogP contribution in [0.4, 0.5) is 0 Å². The number of benzene rings is 1. The van der Waals surface area contributed by atoms with Gasteiger partial charge in [-0.2, -0.15) is 0 Å². The van der Waals surface area contributed by atoms with Crippen LogP contribution in [0.25, 0.3) is 6.08 Å². The van der Waals surface area contributed by atoms with Crippen molar-refractivity contribution in [2.45, 2.75) is 50.5 Å². The SMILES string of the molecule is C=Cc1ccccc1[C@H]1OC(=C)N(C2CCCCC2)[C@H]1O. The number of hydrogen-bond donors (Lipinski definition) is 1. The Labute approximate surface area is 126 Å². The molecule has 0 bridgehead atoms. The lowest BCUT2D eigenvalue weighted by Crippen LogP contribution is -2.40. The zero-order valence-corrected chi connectivity index (χ0v) is 12.4. The summed E-state index contributed by atoms with van der Waals surface area (Å²) in [6.07, 6.45) is 6.69. The molecule has 0 amide bonds. The van der Waals surface area contributed by atoms with Gasteiger partial charge in [-0.25, -0.2) is 0 Å². The lowest BCUT2D eigenvalue weighted by Gasteiger charge is -2.33. The van der Waals surface area contributed by atoms with E-state index in [1.165, 1.54) is 19.3 Å². The van der Waals surface area contributed by atoms with Gasteiger partial charge in [0.05, 0.1) is 0 Å². The first-order valence-corrected chi connectivity index (χ1v) is 7.75. The van der Waals surface area contributed by atoms with E-state index in [2.05, 4.69) is 13.2 Å². The van der Waals surface area contributed by atoms with Gasteiger partial charge in [0.2, 0.25) is 0 Å². The van der Waals surface area contributed by atoms with Gasteiger partial charge in [-0.05, 0) is 25.0 Å². The van der Waals surface area contributed by atoms with Crippen LogP contribution in [0.2, 0.25) is 0 Å². The molecular formula is C18H23NO2. The normalized spacial score (nSPS) is 26.7. The Morgan fingerprint density at radius 2 is 1.90 bits per heavy atom. The van der Waals surface area contributed by atoms with Crippen LogP contribution in [0, 0.1) is 0 Å². The van der Waals surface area contributed by atoms with Crippen LogP contribution >= 0.6 is 0 Å². The highest BCUT2D eigenvalue weighted by Crippen LogP contribution is 2.40. The maximum Gasteiger partial charge on any atom is 0.185 e. The van der Waals surface area contributed by atoms with Gasteiger partial charge >= 0.3 is 0 Å². The minimum absolute atomic E-state index is 0.349. The fraction of sp³-hybridized carbons (Fsp3) is 0.444. The zero-order chi connectivity index (χ0) is 14.8. The van der Waals surface area contributed by atoms with Crippen molar-refractivity contribution in [3.63, 3.8) is 0 Å². The number of aliphatic hydroxyl groups excluding tert-OH is 1. The standard InChI is InChI=1S/C18H23NO2/c1-3-14-9-7-8-12-16(14)17-18(20)19(13(2)21-17)15-10-5-4-6-11-15/h3,7-9,12,15,17-18,20H,1-2,4-6,10-11H2/t17-,18+/m1/s1. The molecule has 0 radical (unpaired) electrons. The minimum Gasteiger partial charge on any atom is -0.467 e. The molecule has 112 valence electrons. The highest BCUT2D eigenvalue weighted by molar-refractivity contribution is 5.53. The van der Waals surface area contributed by atoms with E-state index in [0.29, 0.717) is 11.9 Å². The second-order valence-corrected chi connectivity index (χ2v) is 5.88. The zero-order valence-electron chi connectivity index (χ0n) is 12.4. The largest absolute Gasteiger partial charge is 0.467 e. The molecule has 1 saturated heterocycles. The lowest BCUT2D eigenvalue weighted by atomic mass is 9.93. The average Bonchev–Trinajstić information content (AvgIpc) is 2.83. The summed E-state index contributed by atoms with van der Waals surface area (Å²) in [5.41, 5.74) is 1.97. The summed E-state index contributed by atoms with van der Waals surface area (Å²) in [6.45, 7) is 7.85. The van der Waals surface area contributed by atoms with E-state index in [4.69, 9.17) is 4.74 Å². The second-order valence-electron chi connectivity index (χ2n) is 5.88. The third kappa shape index (κ3) is 2.58. The molecule has 21 heavy (non-hydrogen) atoms. The van der Waals surface area contributed by atoms with Gasteiger partial charge in [-0.15, -0.1) is 0 Å². The molecule has 0 unspecified atom stereocenters. The Bertz CT molecular complexity index is 534.